The van der Waals surface area contributed by atoms with Crippen LogP contribution >= 0.6 is 24.8 Å². The number of nitrogens with zero attached hydrogens (tertiary/aromatic N) is 1. The van der Waals surface area contributed by atoms with E-state index in [0.29, 0.717) is 16.6 Å². The molecule has 0 atom stereocenters. The maximum absolute atomic E-state index is 13.1. The molecular weight excluding hydrogens is 354 g/mol. The van der Waals surface area contributed by atoms with E-state index in [9.17, 15) is 18.0 Å². The monoisotopic (exact) mass is 369 g/mol. The first-order valence-electron chi connectivity index (χ1n) is 6.25. The van der Waals surface area contributed by atoms with Crippen LogP contribution < -0.4 is 11.1 Å². The van der Waals surface area contributed by atoms with Gasteiger partial charge in [-0.05, 0) is 25.1 Å². The molecule has 0 radical (unpaired) electrons. The van der Waals surface area contributed by atoms with Crippen molar-refractivity contribution < 1.29 is 18.0 Å². The van der Waals surface area contributed by atoms with Crippen molar-refractivity contribution in [3.8, 4) is 0 Å². The zero-order chi connectivity index (χ0) is 15.6. The van der Waals surface area contributed by atoms with Crippen LogP contribution in [0.15, 0.2) is 24.3 Å². The number of fused-ring (bicyclic) bond motifs is 1. The van der Waals surface area contributed by atoms with Crippen LogP contribution in [-0.2, 0) is 0 Å². The molecule has 1 aromatic carbocycles. The first-order chi connectivity index (χ1) is 9.82. The van der Waals surface area contributed by atoms with Gasteiger partial charge in [-0.1, -0.05) is 0 Å². The molecule has 0 saturated carbocycles. The summed E-state index contributed by atoms with van der Waals surface area (Å²) >= 11 is 0. The van der Waals surface area contributed by atoms with E-state index in [0.717, 1.165) is 0 Å². The average molecular weight is 370 g/mol. The number of carbonyl (C=O) groups excluding carboxylic acids is 1. The van der Waals surface area contributed by atoms with Gasteiger partial charge in [-0.25, -0.2) is 13.2 Å². The summed E-state index contributed by atoms with van der Waals surface area (Å²) in [6.07, 6.45) is 0. The average Bonchev–Trinajstić information content (AvgIpc) is 2.44. The zero-order valence-electron chi connectivity index (χ0n) is 12.1. The van der Waals surface area contributed by atoms with E-state index in [1.807, 2.05) is 0 Å². The first-order valence-corrected chi connectivity index (χ1v) is 6.25. The van der Waals surface area contributed by atoms with Crippen LogP contribution in [-0.4, -0.2) is 29.9 Å². The largest absolute Gasteiger partial charge is 0.346 e. The fourth-order valence-electron chi connectivity index (χ4n) is 1.84. The van der Waals surface area contributed by atoms with Gasteiger partial charge >= 0.3 is 0 Å². The van der Waals surface area contributed by atoms with Gasteiger partial charge < -0.3 is 11.1 Å². The molecule has 0 saturated heterocycles. The Labute approximate surface area is 143 Å². The Balaban J connectivity index is 0.00000242. The number of nitrogens with one attached hydrogen (secondary N) is 1. The molecule has 9 heteroatoms. The molecular formula is C14H16Cl2F3N3O. The van der Waals surface area contributed by atoms with Crippen LogP contribution in [0.25, 0.3) is 10.9 Å². The summed E-state index contributed by atoms with van der Waals surface area (Å²) in [6, 6.07) is 5.45. The molecule has 0 aliphatic heterocycles. The molecule has 2 aromatic rings. The number of pyridine rings is 1. The van der Waals surface area contributed by atoms with Gasteiger partial charge in [-0.3, -0.25) is 9.78 Å². The first kappa shape index (κ1) is 21.4. The van der Waals surface area contributed by atoms with Crippen LogP contribution in [0.1, 0.15) is 16.1 Å². The van der Waals surface area contributed by atoms with Crippen LogP contribution in [0.4, 0.5) is 13.2 Å². The second-order valence-corrected chi connectivity index (χ2v) is 4.70. The lowest BCUT2D eigenvalue weighted by atomic mass is 10.1. The lowest BCUT2D eigenvalue weighted by molar-refractivity contribution is 0.0118. The summed E-state index contributed by atoms with van der Waals surface area (Å²) in [4.78, 5) is 16.0. The van der Waals surface area contributed by atoms with Crippen LogP contribution in [0.5, 0.6) is 0 Å². The summed E-state index contributed by atoms with van der Waals surface area (Å²) in [5, 5.41) is 2.68. The number of hydrogen-bond donors (Lipinski definition) is 2. The quantitative estimate of drug-likeness (QED) is 0.870. The van der Waals surface area contributed by atoms with E-state index in [4.69, 9.17) is 5.73 Å². The molecule has 0 fully saturated rings. The Morgan fingerprint density at radius 1 is 1.30 bits per heavy atom. The Kier molecular flexibility index (Phi) is 7.76. The van der Waals surface area contributed by atoms with Gasteiger partial charge in [0.05, 0.1) is 29.9 Å². The molecule has 2 rings (SSSR count). The molecule has 1 heterocycles. The molecule has 23 heavy (non-hydrogen) atoms. The number of aromatic nitrogens is 1. The molecule has 4 nitrogen and oxygen atoms in total. The van der Waals surface area contributed by atoms with Crippen molar-refractivity contribution in [2.24, 2.45) is 5.73 Å². The standard InChI is InChI=1S/C14H14F3N3O.2ClH/c1-8-11(13(21)19-7-14(16,17)6-18)4-9-2-3-10(15)5-12(9)20-8;;/h2-5H,6-7,18H2,1H3,(H,19,21);2*1H. The SMILES string of the molecule is Cc1nc2cc(F)ccc2cc1C(=O)NCC(F)(F)CN.Cl.Cl. The number of rotatable bonds is 4. The van der Waals surface area contributed by atoms with Gasteiger partial charge in [0.25, 0.3) is 11.8 Å². The van der Waals surface area contributed by atoms with Crippen molar-refractivity contribution >= 4 is 41.6 Å². The Bertz CT molecular complexity index is 698. The molecule has 0 aliphatic carbocycles. The van der Waals surface area contributed by atoms with Gasteiger partial charge in [0.15, 0.2) is 0 Å². The van der Waals surface area contributed by atoms with Gasteiger partial charge in [0, 0.05) is 11.5 Å². The lowest BCUT2D eigenvalue weighted by Gasteiger charge is -2.15. The van der Waals surface area contributed by atoms with E-state index < -0.39 is 30.7 Å². The molecule has 0 bridgehead atoms. The molecule has 0 unspecified atom stereocenters. The van der Waals surface area contributed by atoms with E-state index in [1.165, 1.54) is 24.3 Å². The third kappa shape index (κ3) is 5.23. The van der Waals surface area contributed by atoms with Gasteiger partial charge in [-0.15, -0.1) is 24.8 Å². The number of nitrogens with two attached hydrogens (primary N) is 1. The predicted molar refractivity (Wildman–Crippen MR) is 87.3 cm³/mol. The fraction of sp³-hybridized carbons (Fsp3) is 0.286. The maximum Gasteiger partial charge on any atom is 0.277 e. The van der Waals surface area contributed by atoms with Crippen molar-refractivity contribution in [3.05, 3.63) is 41.3 Å². The summed E-state index contributed by atoms with van der Waals surface area (Å²) in [7, 11) is 0. The number of carbonyl (C=O) groups is 1. The van der Waals surface area contributed by atoms with Gasteiger partial charge in [0.1, 0.15) is 5.82 Å². The molecule has 1 amide bonds. The van der Waals surface area contributed by atoms with Crippen molar-refractivity contribution in [3.63, 3.8) is 0 Å². The summed E-state index contributed by atoms with van der Waals surface area (Å²) in [5.41, 5.74) is 5.80. The molecule has 1 aromatic heterocycles. The van der Waals surface area contributed by atoms with E-state index >= 15 is 0 Å². The minimum atomic E-state index is -3.16. The highest BCUT2D eigenvalue weighted by molar-refractivity contribution is 5.98. The zero-order valence-corrected chi connectivity index (χ0v) is 13.7. The summed E-state index contributed by atoms with van der Waals surface area (Å²) < 4.78 is 39.2. The third-order valence-electron chi connectivity index (χ3n) is 3.02. The van der Waals surface area contributed by atoms with Crippen LogP contribution in [0, 0.1) is 12.7 Å². The van der Waals surface area contributed by atoms with Gasteiger partial charge in [-0.2, -0.15) is 0 Å². The molecule has 3 N–H and O–H groups in total. The van der Waals surface area contributed by atoms with Crippen LogP contribution in [0.3, 0.4) is 0 Å². The number of benzene rings is 1. The molecule has 0 spiro atoms. The fourth-order valence-corrected chi connectivity index (χ4v) is 1.84. The molecule has 128 valence electrons. The highest BCUT2D eigenvalue weighted by Gasteiger charge is 2.27. The number of amides is 1. The Morgan fingerprint density at radius 3 is 2.57 bits per heavy atom. The van der Waals surface area contributed by atoms with Crippen molar-refractivity contribution in [2.75, 3.05) is 13.1 Å². The normalized spacial score (nSPS) is 10.7. The maximum atomic E-state index is 13.1. The topological polar surface area (TPSA) is 68.0 Å². The summed E-state index contributed by atoms with van der Waals surface area (Å²) in [6.45, 7) is -0.134. The van der Waals surface area contributed by atoms with Crippen molar-refractivity contribution in [1.82, 2.24) is 10.3 Å². The second kappa shape index (κ2) is 8.33. The Hall–Kier alpha value is -1.57. The number of alkyl halides is 2. The highest BCUT2D eigenvalue weighted by atomic mass is 35.5. The number of hydrogen-bond acceptors (Lipinski definition) is 3. The van der Waals surface area contributed by atoms with Crippen molar-refractivity contribution in [1.29, 1.82) is 0 Å². The minimum absolute atomic E-state index is 0. The van der Waals surface area contributed by atoms with Gasteiger partial charge in [0.2, 0.25) is 0 Å². The second-order valence-electron chi connectivity index (χ2n) is 4.70. The Morgan fingerprint density at radius 2 is 1.96 bits per heavy atom. The highest BCUT2D eigenvalue weighted by Crippen LogP contribution is 2.18. The van der Waals surface area contributed by atoms with E-state index in [1.54, 1.807) is 6.92 Å². The number of aryl methyl sites for hydroxylation is 1. The molecule has 0 aliphatic rings. The smallest absolute Gasteiger partial charge is 0.277 e. The predicted octanol–water partition coefficient (Wildman–Crippen LogP) is 2.85. The minimum Gasteiger partial charge on any atom is -0.346 e. The van der Waals surface area contributed by atoms with E-state index in [-0.39, 0.29) is 30.4 Å². The van der Waals surface area contributed by atoms with Crippen molar-refractivity contribution in [2.45, 2.75) is 12.8 Å². The summed E-state index contributed by atoms with van der Waals surface area (Å²) in [5.74, 6) is -4.26. The number of halogens is 5. The van der Waals surface area contributed by atoms with E-state index in [2.05, 4.69) is 10.3 Å². The third-order valence-corrected chi connectivity index (χ3v) is 3.02. The lowest BCUT2D eigenvalue weighted by Crippen LogP contribution is -2.41. The van der Waals surface area contributed by atoms with Crippen LogP contribution in [0.2, 0.25) is 0 Å².